The minimum atomic E-state index is -3.82. The topological polar surface area (TPSA) is 63.6 Å². The molecule has 0 unspecified atom stereocenters. The van der Waals surface area contributed by atoms with Crippen LogP contribution >= 0.6 is 0 Å². The largest absolute Gasteiger partial charge is 0.392 e. The maximum absolute atomic E-state index is 12.1. The Morgan fingerprint density at radius 1 is 1.05 bits per heavy atom. The van der Waals surface area contributed by atoms with Gasteiger partial charge in [-0.2, -0.15) is 8.42 Å². The van der Waals surface area contributed by atoms with Gasteiger partial charge in [-0.1, -0.05) is 42.0 Å². The van der Waals surface area contributed by atoms with E-state index in [9.17, 15) is 8.42 Å². The molecule has 0 aliphatic rings. The highest BCUT2D eigenvalue weighted by atomic mass is 32.2. The quantitative estimate of drug-likeness (QED) is 0.863. The summed E-state index contributed by atoms with van der Waals surface area (Å²) in [6.07, 6.45) is 3.33. The summed E-state index contributed by atoms with van der Waals surface area (Å²) in [6.45, 7) is 1.84. The first kappa shape index (κ1) is 15.3. The van der Waals surface area contributed by atoms with Crippen LogP contribution in [0.3, 0.4) is 0 Å². The van der Waals surface area contributed by atoms with Crippen LogP contribution in [0.15, 0.2) is 59.5 Å². The van der Waals surface area contributed by atoms with Crippen molar-refractivity contribution < 1.29 is 17.7 Å². The summed E-state index contributed by atoms with van der Waals surface area (Å²) in [7, 11) is -3.82. The fourth-order valence-electron chi connectivity index (χ4n) is 1.70. The van der Waals surface area contributed by atoms with Gasteiger partial charge in [-0.25, -0.2) is 0 Å². The number of aryl methyl sites for hydroxylation is 1. The second-order valence-corrected chi connectivity index (χ2v) is 6.05. The van der Waals surface area contributed by atoms with Crippen molar-refractivity contribution in [2.75, 3.05) is 6.61 Å². The van der Waals surface area contributed by atoms with E-state index >= 15 is 0 Å². The molecule has 110 valence electrons. The second kappa shape index (κ2) is 6.56. The maximum atomic E-state index is 12.1. The number of hydrogen-bond acceptors (Lipinski definition) is 4. The highest BCUT2D eigenvalue weighted by Crippen LogP contribution is 2.20. The van der Waals surface area contributed by atoms with Gasteiger partial charge in [0, 0.05) is 0 Å². The zero-order valence-electron chi connectivity index (χ0n) is 11.6. The molecule has 2 aromatic rings. The van der Waals surface area contributed by atoms with E-state index in [-0.39, 0.29) is 17.3 Å². The van der Waals surface area contributed by atoms with Gasteiger partial charge in [0.1, 0.15) is 10.6 Å². The molecule has 5 heteroatoms. The summed E-state index contributed by atoms with van der Waals surface area (Å²) < 4.78 is 29.3. The number of aliphatic hydroxyl groups excluding tert-OH is 1. The van der Waals surface area contributed by atoms with Gasteiger partial charge in [0.2, 0.25) is 0 Å². The summed E-state index contributed by atoms with van der Waals surface area (Å²) in [5.41, 5.74) is 1.83. The average molecular weight is 304 g/mol. The van der Waals surface area contributed by atoms with Crippen LogP contribution < -0.4 is 4.18 Å². The van der Waals surface area contributed by atoms with Crippen molar-refractivity contribution in [1.82, 2.24) is 0 Å². The van der Waals surface area contributed by atoms with Crippen LogP contribution in [0.1, 0.15) is 11.1 Å². The summed E-state index contributed by atoms with van der Waals surface area (Å²) in [5.74, 6) is 0.247. The Balaban J connectivity index is 2.17. The third kappa shape index (κ3) is 4.18. The molecule has 1 N–H and O–H groups in total. The lowest BCUT2D eigenvalue weighted by Crippen LogP contribution is -2.09. The lowest BCUT2D eigenvalue weighted by molar-refractivity contribution is 0.343. The van der Waals surface area contributed by atoms with Gasteiger partial charge in [0.15, 0.2) is 0 Å². The van der Waals surface area contributed by atoms with Gasteiger partial charge in [0.05, 0.1) is 6.61 Å². The zero-order chi connectivity index (χ0) is 15.3. The Bertz CT molecular complexity index is 714. The second-order valence-electron chi connectivity index (χ2n) is 4.50. The fourth-order valence-corrected chi connectivity index (χ4v) is 2.63. The van der Waals surface area contributed by atoms with Gasteiger partial charge in [-0.05, 0) is 36.8 Å². The predicted octanol–water partition coefficient (Wildman–Crippen LogP) is 2.77. The van der Waals surface area contributed by atoms with E-state index in [0.717, 1.165) is 11.1 Å². The highest BCUT2D eigenvalue weighted by molar-refractivity contribution is 7.87. The summed E-state index contributed by atoms with van der Waals surface area (Å²) in [4.78, 5) is 0.123. The summed E-state index contributed by atoms with van der Waals surface area (Å²) in [6, 6.07) is 13.0. The van der Waals surface area contributed by atoms with E-state index in [1.807, 2.05) is 6.92 Å². The van der Waals surface area contributed by atoms with Crippen molar-refractivity contribution in [2.45, 2.75) is 11.8 Å². The molecule has 0 aliphatic heterocycles. The van der Waals surface area contributed by atoms with Crippen LogP contribution in [0, 0.1) is 6.92 Å². The molecule has 0 fully saturated rings. The van der Waals surface area contributed by atoms with Crippen molar-refractivity contribution in [2.24, 2.45) is 0 Å². The minimum absolute atomic E-state index is 0.0416. The Labute approximate surface area is 124 Å². The standard InChI is InChI=1S/C16H16O4S/c1-13-4-10-16(11-5-13)21(18,19)20-15-8-6-14(7-9-15)3-2-12-17/h2-11,17H,12H2,1H3/b3-2+. The van der Waals surface area contributed by atoms with Crippen LogP contribution in [0.4, 0.5) is 0 Å². The number of rotatable bonds is 5. The number of hydrogen-bond donors (Lipinski definition) is 1. The Morgan fingerprint density at radius 3 is 2.24 bits per heavy atom. The lowest BCUT2D eigenvalue weighted by atomic mass is 10.2. The van der Waals surface area contributed by atoms with Gasteiger partial charge in [-0.15, -0.1) is 0 Å². The van der Waals surface area contributed by atoms with E-state index in [1.54, 1.807) is 48.6 Å². The number of benzene rings is 2. The SMILES string of the molecule is Cc1ccc(S(=O)(=O)Oc2ccc(/C=C/CO)cc2)cc1. The minimum Gasteiger partial charge on any atom is -0.392 e. The first-order valence-electron chi connectivity index (χ1n) is 6.40. The van der Waals surface area contributed by atoms with Crippen LogP contribution in [0.2, 0.25) is 0 Å². The molecule has 0 atom stereocenters. The smallest absolute Gasteiger partial charge is 0.339 e. The van der Waals surface area contributed by atoms with E-state index in [1.165, 1.54) is 12.1 Å². The first-order chi connectivity index (χ1) is 10.0. The molecule has 0 bridgehead atoms. The van der Waals surface area contributed by atoms with Crippen molar-refractivity contribution in [3.8, 4) is 5.75 Å². The van der Waals surface area contributed by atoms with Gasteiger partial charge < -0.3 is 9.29 Å². The van der Waals surface area contributed by atoms with E-state index in [4.69, 9.17) is 9.29 Å². The van der Waals surface area contributed by atoms with Crippen molar-refractivity contribution in [1.29, 1.82) is 0 Å². The maximum Gasteiger partial charge on any atom is 0.339 e. The van der Waals surface area contributed by atoms with Crippen LogP contribution in [0.5, 0.6) is 5.75 Å². The van der Waals surface area contributed by atoms with Gasteiger partial charge >= 0.3 is 10.1 Å². The van der Waals surface area contributed by atoms with E-state index in [2.05, 4.69) is 0 Å². The zero-order valence-corrected chi connectivity index (χ0v) is 12.4. The molecule has 4 nitrogen and oxygen atoms in total. The molecule has 0 radical (unpaired) electrons. The molecule has 21 heavy (non-hydrogen) atoms. The van der Waals surface area contributed by atoms with E-state index < -0.39 is 10.1 Å². The van der Waals surface area contributed by atoms with E-state index in [0.29, 0.717) is 0 Å². The van der Waals surface area contributed by atoms with Crippen molar-refractivity contribution in [3.05, 3.63) is 65.7 Å². The molecule has 0 aromatic heterocycles. The lowest BCUT2D eigenvalue weighted by Gasteiger charge is -2.07. The third-order valence-electron chi connectivity index (χ3n) is 2.81. The van der Waals surface area contributed by atoms with Gasteiger partial charge in [-0.3, -0.25) is 0 Å². The normalized spacial score (nSPS) is 11.7. The molecule has 0 amide bonds. The Morgan fingerprint density at radius 2 is 1.67 bits per heavy atom. The molecule has 0 saturated carbocycles. The Kier molecular flexibility index (Phi) is 4.77. The van der Waals surface area contributed by atoms with Crippen LogP contribution in [-0.4, -0.2) is 20.1 Å². The van der Waals surface area contributed by atoms with Crippen molar-refractivity contribution >= 4 is 16.2 Å². The average Bonchev–Trinajstić information content (AvgIpc) is 2.47. The first-order valence-corrected chi connectivity index (χ1v) is 7.81. The monoisotopic (exact) mass is 304 g/mol. The van der Waals surface area contributed by atoms with Crippen LogP contribution in [0.25, 0.3) is 6.08 Å². The summed E-state index contributed by atoms with van der Waals surface area (Å²) >= 11 is 0. The van der Waals surface area contributed by atoms with Gasteiger partial charge in [0.25, 0.3) is 0 Å². The predicted molar refractivity (Wildman–Crippen MR) is 81.6 cm³/mol. The molecular formula is C16H16O4S. The molecule has 0 heterocycles. The Hall–Kier alpha value is -2.11. The molecular weight excluding hydrogens is 288 g/mol. The highest BCUT2D eigenvalue weighted by Gasteiger charge is 2.15. The molecule has 0 spiro atoms. The molecule has 0 aliphatic carbocycles. The molecule has 2 rings (SSSR count). The number of aliphatic hydroxyl groups is 1. The summed E-state index contributed by atoms with van der Waals surface area (Å²) in [5, 5.41) is 8.69. The van der Waals surface area contributed by atoms with Crippen molar-refractivity contribution in [3.63, 3.8) is 0 Å². The molecule has 2 aromatic carbocycles. The molecule has 0 saturated heterocycles. The third-order valence-corrected chi connectivity index (χ3v) is 4.07. The van der Waals surface area contributed by atoms with Crippen LogP contribution in [-0.2, 0) is 10.1 Å². The fraction of sp³-hybridized carbons (Fsp3) is 0.125.